The van der Waals surface area contributed by atoms with Crippen molar-refractivity contribution in [2.24, 2.45) is 5.73 Å². The van der Waals surface area contributed by atoms with E-state index in [1.807, 2.05) is 0 Å². The number of hydrogen-bond donors (Lipinski definition) is 2. The van der Waals surface area contributed by atoms with Gasteiger partial charge >= 0.3 is 0 Å². The van der Waals surface area contributed by atoms with Gasteiger partial charge in [-0.3, -0.25) is 4.79 Å². The van der Waals surface area contributed by atoms with Crippen molar-refractivity contribution in [3.63, 3.8) is 0 Å². The number of primary amides is 1. The molecule has 0 radical (unpaired) electrons. The average Bonchev–Trinajstić information content (AvgIpc) is 2.15. The Labute approximate surface area is 81.6 Å². The molecule has 1 rings (SSSR count). The van der Waals surface area contributed by atoms with Crippen LogP contribution in [0.3, 0.4) is 0 Å². The third kappa shape index (κ3) is 2.52. The van der Waals surface area contributed by atoms with Crippen LogP contribution in [0.1, 0.15) is 5.56 Å². The van der Waals surface area contributed by atoms with Crippen molar-refractivity contribution in [2.75, 3.05) is 7.11 Å². The van der Waals surface area contributed by atoms with Crippen LogP contribution in [0.15, 0.2) is 24.3 Å². The van der Waals surface area contributed by atoms with Crippen LogP contribution in [0.2, 0.25) is 0 Å². The van der Waals surface area contributed by atoms with E-state index in [-0.39, 0.29) is 5.75 Å². The van der Waals surface area contributed by atoms with Gasteiger partial charge in [0.1, 0.15) is 11.5 Å². The number of carbonyl (C=O) groups is 1. The Morgan fingerprint density at radius 1 is 1.57 bits per heavy atom. The van der Waals surface area contributed by atoms with Crippen LogP contribution >= 0.6 is 0 Å². The minimum Gasteiger partial charge on any atom is -0.508 e. The van der Waals surface area contributed by atoms with Gasteiger partial charge in [-0.15, -0.1) is 0 Å². The number of aromatic hydroxyl groups is 1. The number of rotatable bonds is 3. The SMILES string of the molecule is COc1ccc(O)cc1C=CC(N)=O. The number of amides is 1. The third-order valence-corrected chi connectivity index (χ3v) is 1.64. The highest BCUT2D eigenvalue weighted by atomic mass is 16.5. The van der Waals surface area contributed by atoms with Crippen LogP contribution in [0, 0.1) is 0 Å². The Bertz CT molecular complexity index is 372. The molecule has 0 heterocycles. The molecule has 0 unspecified atom stereocenters. The number of methoxy groups -OCH3 is 1. The van der Waals surface area contributed by atoms with Gasteiger partial charge in [0.15, 0.2) is 0 Å². The highest BCUT2D eigenvalue weighted by molar-refractivity contribution is 5.90. The van der Waals surface area contributed by atoms with E-state index in [0.717, 1.165) is 0 Å². The molecule has 4 heteroatoms. The zero-order valence-corrected chi connectivity index (χ0v) is 7.73. The highest BCUT2D eigenvalue weighted by Crippen LogP contribution is 2.24. The lowest BCUT2D eigenvalue weighted by atomic mass is 10.1. The number of benzene rings is 1. The molecule has 0 spiro atoms. The summed E-state index contributed by atoms with van der Waals surface area (Å²) in [6.07, 6.45) is 2.69. The Balaban J connectivity index is 3.04. The van der Waals surface area contributed by atoms with E-state index in [4.69, 9.17) is 10.5 Å². The zero-order valence-electron chi connectivity index (χ0n) is 7.73. The van der Waals surface area contributed by atoms with Crippen LogP contribution in [0.4, 0.5) is 0 Å². The van der Waals surface area contributed by atoms with Crippen molar-refractivity contribution >= 4 is 12.0 Å². The smallest absolute Gasteiger partial charge is 0.241 e. The Kier molecular flexibility index (Phi) is 3.12. The Morgan fingerprint density at radius 2 is 2.29 bits per heavy atom. The summed E-state index contributed by atoms with van der Waals surface area (Å²) in [6, 6.07) is 4.59. The van der Waals surface area contributed by atoms with E-state index >= 15 is 0 Å². The fourth-order valence-electron chi connectivity index (χ4n) is 1.02. The minimum atomic E-state index is -0.546. The van der Waals surface area contributed by atoms with E-state index in [1.165, 1.54) is 31.4 Å². The summed E-state index contributed by atoms with van der Waals surface area (Å²) in [5, 5.41) is 9.19. The zero-order chi connectivity index (χ0) is 10.6. The summed E-state index contributed by atoms with van der Waals surface area (Å²) in [5.74, 6) is 0.130. The van der Waals surface area contributed by atoms with Crippen LogP contribution in [-0.4, -0.2) is 18.1 Å². The van der Waals surface area contributed by atoms with Crippen LogP contribution in [0.25, 0.3) is 6.08 Å². The van der Waals surface area contributed by atoms with Crippen LogP contribution in [-0.2, 0) is 4.79 Å². The van der Waals surface area contributed by atoms with E-state index in [2.05, 4.69) is 0 Å². The maximum Gasteiger partial charge on any atom is 0.241 e. The molecule has 14 heavy (non-hydrogen) atoms. The van der Waals surface area contributed by atoms with Crippen molar-refractivity contribution in [3.05, 3.63) is 29.8 Å². The molecule has 0 fully saturated rings. The lowest BCUT2D eigenvalue weighted by Gasteiger charge is -2.04. The van der Waals surface area contributed by atoms with Gasteiger partial charge in [-0.2, -0.15) is 0 Å². The molecule has 0 aliphatic rings. The molecule has 74 valence electrons. The first-order valence-electron chi connectivity index (χ1n) is 3.98. The average molecular weight is 193 g/mol. The summed E-state index contributed by atoms with van der Waals surface area (Å²) in [6.45, 7) is 0. The molecule has 4 nitrogen and oxygen atoms in total. The topological polar surface area (TPSA) is 72.6 Å². The first-order chi connectivity index (χ1) is 6.63. The number of phenols is 1. The number of ether oxygens (including phenoxy) is 1. The fraction of sp³-hybridized carbons (Fsp3) is 0.100. The van der Waals surface area contributed by atoms with E-state index in [0.29, 0.717) is 11.3 Å². The second-order valence-corrected chi connectivity index (χ2v) is 2.66. The standard InChI is InChI=1S/C10H11NO3/c1-14-9-4-3-8(12)6-7(9)2-5-10(11)13/h2-6,12H,1H3,(H2,11,13). The monoisotopic (exact) mass is 193 g/mol. The predicted molar refractivity (Wildman–Crippen MR) is 52.9 cm³/mol. The predicted octanol–water partition coefficient (Wildman–Crippen LogP) is 0.899. The molecule has 0 aliphatic heterocycles. The van der Waals surface area contributed by atoms with Gasteiger partial charge in [0.2, 0.25) is 5.91 Å². The summed E-state index contributed by atoms with van der Waals surface area (Å²) in [5.41, 5.74) is 5.54. The summed E-state index contributed by atoms with van der Waals surface area (Å²) in [4.78, 5) is 10.5. The molecule has 0 saturated heterocycles. The minimum absolute atomic E-state index is 0.106. The van der Waals surface area contributed by atoms with Gasteiger partial charge in [-0.05, 0) is 24.3 Å². The molecule has 0 aliphatic carbocycles. The van der Waals surface area contributed by atoms with Gasteiger partial charge in [0.05, 0.1) is 7.11 Å². The van der Waals surface area contributed by atoms with Gasteiger partial charge in [0, 0.05) is 11.6 Å². The number of hydrogen-bond acceptors (Lipinski definition) is 3. The molecular formula is C10H11NO3. The first kappa shape index (κ1) is 10.1. The molecule has 1 aromatic rings. The largest absolute Gasteiger partial charge is 0.508 e. The van der Waals surface area contributed by atoms with Crippen molar-refractivity contribution in [1.29, 1.82) is 0 Å². The second kappa shape index (κ2) is 4.32. The van der Waals surface area contributed by atoms with Gasteiger partial charge < -0.3 is 15.6 Å². The third-order valence-electron chi connectivity index (χ3n) is 1.64. The van der Waals surface area contributed by atoms with Gasteiger partial charge in [-0.1, -0.05) is 0 Å². The second-order valence-electron chi connectivity index (χ2n) is 2.66. The number of nitrogens with two attached hydrogens (primary N) is 1. The fourth-order valence-corrected chi connectivity index (χ4v) is 1.02. The van der Waals surface area contributed by atoms with Crippen molar-refractivity contribution in [3.8, 4) is 11.5 Å². The van der Waals surface area contributed by atoms with Crippen LogP contribution < -0.4 is 10.5 Å². The maximum absolute atomic E-state index is 10.5. The lowest BCUT2D eigenvalue weighted by Crippen LogP contribution is -2.05. The molecule has 0 saturated carbocycles. The molecule has 1 amide bonds. The van der Waals surface area contributed by atoms with Crippen molar-refractivity contribution in [1.82, 2.24) is 0 Å². The van der Waals surface area contributed by atoms with E-state index in [1.54, 1.807) is 6.07 Å². The van der Waals surface area contributed by atoms with Crippen molar-refractivity contribution in [2.45, 2.75) is 0 Å². The van der Waals surface area contributed by atoms with Gasteiger partial charge in [-0.25, -0.2) is 0 Å². The molecule has 1 aromatic carbocycles. The summed E-state index contributed by atoms with van der Waals surface area (Å²) in [7, 11) is 1.51. The Hall–Kier alpha value is -1.97. The number of phenolic OH excluding ortho intramolecular Hbond substituents is 1. The van der Waals surface area contributed by atoms with E-state index < -0.39 is 5.91 Å². The normalized spacial score (nSPS) is 10.4. The van der Waals surface area contributed by atoms with E-state index in [9.17, 15) is 9.90 Å². The highest BCUT2D eigenvalue weighted by Gasteiger charge is 2.00. The molecular weight excluding hydrogens is 182 g/mol. The summed E-state index contributed by atoms with van der Waals surface area (Å²) < 4.78 is 5.02. The quantitative estimate of drug-likeness (QED) is 0.700. The molecule has 3 N–H and O–H groups in total. The Morgan fingerprint density at radius 3 is 2.86 bits per heavy atom. The molecule has 0 atom stereocenters. The van der Waals surface area contributed by atoms with Gasteiger partial charge in [0.25, 0.3) is 0 Å². The van der Waals surface area contributed by atoms with Crippen molar-refractivity contribution < 1.29 is 14.6 Å². The number of carbonyl (C=O) groups excluding carboxylic acids is 1. The van der Waals surface area contributed by atoms with Crippen LogP contribution in [0.5, 0.6) is 11.5 Å². The lowest BCUT2D eigenvalue weighted by molar-refractivity contribution is -0.113. The summed E-state index contributed by atoms with van der Waals surface area (Å²) >= 11 is 0. The molecule has 0 bridgehead atoms. The first-order valence-corrected chi connectivity index (χ1v) is 3.98. The molecule has 0 aromatic heterocycles. The maximum atomic E-state index is 10.5.